The minimum absolute atomic E-state index is 0.169. The first-order valence-corrected chi connectivity index (χ1v) is 8.13. The van der Waals surface area contributed by atoms with E-state index in [0.717, 1.165) is 26.1 Å². The van der Waals surface area contributed by atoms with Crippen molar-refractivity contribution >= 4 is 40.4 Å². The highest BCUT2D eigenvalue weighted by atomic mass is 127. The molecule has 120 valence electrons. The van der Waals surface area contributed by atoms with Crippen molar-refractivity contribution in [1.82, 2.24) is 5.43 Å². The number of nitrogens with zero attached hydrogens (tertiary/aromatic N) is 1. The number of rotatable bonds is 6. The number of para-hydroxylation sites is 1. The predicted molar refractivity (Wildman–Crippen MR) is 101 cm³/mol. The zero-order valence-corrected chi connectivity index (χ0v) is 15.1. The van der Waals surface area contributed by atoms with Gasteiger partial charge in [-0.15, -0.1) is 0 Å². The molecule has 0 unspecified atom stereocenters. The second-order valence-corrected chi connectivity index (χ2v) is 6.02. The zero-order valence-electron chi connectivity index (χ0n) is 13.0. The highest BCUT2D eigenvalue weighted by Gasteiger charge is 2.02. The minimum Gasteiger partial charge on any atom is -0.496 e. The number of carbonyl (C=O) groups is 1. The molecule has 0 saturated heterocycles. The van der Waals surface area contributed by atoms with Crippen molar-refractivity contribution in [2.45, 2.75) is 6.92 Å². The van der Waals surface area contributed by atoms with E-state index in [0.29, 0.717) is 0 Å². The van der Waals surface area contributed by atoms with Gasteiger partial charge in [0, 0.05) is 5.69 Å². The molecule has 0 heterocycles. The summed E-state index contributed by atoms with van der Waals surface area (Å²) in [6, 6.07) is 13.5. The zero-order chi connectivity index (χ0) is 16.7. The van der Waals surface area contributed by atoms with Crippen molar-refractivity contribution in [1.29, 1.82) is 0 Å². The second kappa shape index (κ2) is 8.52. The summed E-state index contributed by atoms with van der Waals surface area (Å²) in [5, 5.41) is 7.05. The summed E-state index contributed by atoms with van der Waals surface area (Å²) in [6.45, 7) is 2.16. The maximum absolute atomic E-state index is 11.8. The van der Waals surface area contributed by atoms with E-state index >= 15 is 0 Å². The van der Waals surface area contributed by atoms with Crippen molar-refractivity contribution in [3.63, 3.8) is 0 Å². The Morgan fingerprint density at radius 1 is 1.30 bits per heavy atom. The molecule has 0 radical (unpaired) electrons. The molecule has 0 aliphatic carbocycles. The highest BCUT2D eigenvalue weighted by Crippen LogP contribution is 2.20. The van der Waals surface area contributed by atoms with Crippen LogP contribution in [0.3, 0.4) is 0 Å². The maximum Gasteiger partial charge on any atom is 0.259 e. The standard InChI is InChI=1S/C17H18IN3O2/c1-12-5-3-4-6-15(12)19-11-17(22)21-20-10-13-7-8-16(23-2)14(18)9-13/h3-10,19H,11H2,1-2H3,(H,21,22)/b20-10+. The lowest BCUT2D eigenvalue weighted by molar-refractivity contribution is -0.119. The molecule has 23 heavy (non-hydrogen) atoms. The summed E-state index contributed by atoms with van der Waals surface area (Å²) in [6.07, 6.45) is 1.60. The Kier molecular flexibility index (Phi) is 6.40. The number of nitrogens with one attached hydrogen (secondary N) is 2. The Morgan fingerprint density at radius 3 is 2.78 bits per heavy atom. The van der Waals surface area contributed by atoms with Gasteiger partial charge >= 0.3 is 0 Å². The van der Waals surface area contributed by atoms with Crippen LogP contribution in [-0.2, 0) is 4.79 Å². The van der Waals surface area contributed by atoms with E-state index in [4.69, 9.17) is 4.74 Å². The molecule has 0 aromatic heterocycles. The number of hydrazone groups is 1. The van der Waals surface area contributed by atoms with Gasteiger partial charge in [-0.3, -0.25) is 4.79 Å². The Bertz CT molecular complexity index is 717. The van der Waals surface area contributed by atoms with E-state index in [2.05, 4.69) is 38.4 Å². The first-order valence-electron chi connectivity index (χ1n) is 7.05. The van der Waals surface area contributed by atoms with Crippen LogP contribution < -0.4 is 15.5 Å². The molecule has 0 aliphatic heterocycles. The van der Waals surface area contributed by atoms with Crippen molar-refractivity contribution in [3.05, 3.63) is 57.2 Å². The average molecular weight is 423 g/mol. The van der Waals surface area contributed by atoms with Crippen molar-refractivity contribution < 1.29 is 9.53 Å². The van der Waals surface area contributed by atoms with Crippen LogP contribution >= 0.6 is 22.6 Å². The van der Waals surface area contributed by atoms with Gasteiger partial charge in [-0.05, 0) is 64.9 Å². The van der Waals surface area contributed by atoms with E-state index in [1.807, 2.05) is 49.4 Å². The molecule has 2 N–H and O–H groups in total. The van der Waals surface area contributed by atoms with Gasteiger partial charge in [-0.2, -0.15) is 5.10 Å². The monoisotopic (exact) mass is 423 g/mol. The van der Waals surface area contributed by atoms with E-state index in [1.165, 1.54) is 0 Å². The minimum atomic E-state index is -0.201. The molecule has 5 nitrogen and oxygen atoms in total. The van der Waals surface area contributed by atoms with Crippen LogP contribution in [0.5, 0.6) is 5.75 Å². The Morgan fingerprint density at radius 2 is 2.09 bits per heavy atom. The number of ether oxygens (including phenoxy) is 1. The lowest BCUT2D eigenvalue weighted by atomic mass is 10.2. The van der Waals surface area contributed by atoms with Crippen molar-refractivity contribution in [3.8, 4) is 5.75 Å². The molecule has 1 amide bonds. The summed E-state index contributed by atoms with van der Waals surface area (Å²) in [7, 11) is 1.63. The van der Waals surface area contributed by atoms with Gasteiger partial charge in [-0.1, -0.05) is 18.2 Å². The lowest BCUT2D eigenvalue weighted by Crippen LogP contribution is -2.26. The van der Waals surface area contributed by atoms with Gasteiger partial charge in [0.15, 0.2) is 0 Å². The Labute approximate surface area is 149 Å². The van der Waals surface area contributed by atoms with E-state index in [9.17, 15) is 4.79 Å². The normalized spacial score (nSPS) is 10.6. The molecule has 0 saturated carbocycles. The second-order valence-electron chi connectivity index (χ2n) is 4.86. The molecule has 0 bridgehead atoms. The molecular formula is C17H18IN3O2. The third-order valence-electron chi connectivity index (χ3n) is 3.16. The fourth-order valence-corrected chi connectivity index (χ4v) is 2.69. The number of methoxy groups -OCH3 is 1. The van der Waals surface area contributed by atoms with Crippen molar-refractivity contribution in [2.75, 3.05) is 19.0 Å². The number of aryl methyl sites for hydroxylation is 1. The maximum atomic E-state index is 11.8. The number of amides is 1. The number of hydrogen-bond donors (Lipinski definition) is 2. The first-order chi connectivity index (χ1) is 11.1. The molecule has 0 aliphatic rings. The molecule has 0 fully saturated rings. The molecule has 0 atom stereocenters. The van der Waals surface area contributed by atoms with Gasteiger partial charge in [0.2, 0.25) is 0 Å². The molecule has 2 rings (SSSR count). The number of halogens is 1. The number of benzene rings is 2. The van der Waals surface area contributed by atoms with Gasteiger partial charge in [0.25, 0.3) is 5.91 Å². The van der Waals surface area contributed by atoms with Gasteiger partial charge in [0.1, 0.15) is 5.75 Å². The summed E-state index contributed by atoms with van der Waals surface area (Å²) >= 11 is 2.19. The van der Waals surface area contributed by atoms with Gasteiger partial charge in [-0.25, -0.2) is 5.43 Å². The topological polar surface area (TPSA) is 62.7 Å². The molecule has 2 aromatic rings. The van der Waals surface area contributed by atoms with Gasteiger partial charge < -0.3 is 10.1 Å². The highest BCUT2D eigenvalue weighted by molar-refractivity contribution is 14.1. The molecule has 0 spiro atoms. The Balaban J connectivity index is 1.84. The van der Waals surface area contributed by atoms with Crippen LogP contribution in [0.25, 0.3) is 0 Å². The quantitative estimate of drug-likeness (QED) is 0.426. The van der Waals surface area contributed by atoms with E-state index in [1.54, 1.807) is 13.3 Å². The number of carbonyl (C=O) groups excluding carboxylic acids is 1. The largest absolute Gasteiger partial charge is 0.496 e. The summed E-state index contributed by atoms with van der Waals surface area (Å²) in [5.41, 5.74) is 5.43. The van der Waals surface area contributed by atoms with Crippen molar-refractivity contribution in [2.24, 2.45) is 5.10 Å². The number of hydrogen-bond acceptors (Lipinski definition) is 4. The van der Waals surface area contributed by atoms with Crippen LogP contribution in [0.15, 0.2) is 47.6 Å². The van der Waals surface area contributed by atoms with Crippen LogP contribution in [0.4, 0.5) is 5.69 Å². The first kappa shape index (κ1) is 17.3. The average Bonchev–Trinajstić information content (AvgIpc) is 2.54. The third-order valence-corrected chi connectivity index (χ3v) is 4.01. The third kappa shape index (κ3) is 5.24. The van der Waals surface area contributed by atoms with E-state index in [-0.39, 0.29) is 12.5 Å². The SMILES string of the molecule is COc1ccc(/C=N/NC(=O)CNc2ccccc2C)cc1I. The smallest absolute Gasteiger partial charge is 0.259 e. The Hall–Kier alpha value is -2.09. The molecule has 6 heteroatoms. The van der Waals surface area contributed by atoms with Crippen LogP contribution in [0.1, 0.15) is 11.1 Å². The summed E-state index contributed by atoms with van der Waals surface area (Å²) in [4.78, 5) is 11.8. The van der Waals surface area contributed by atoms with Gasteiger partial charge in [0.05, 0.1) is 23.4 Å². The lowest BCUT2D eigenvalue weighted by Gasteiger charge is -2.07. The number of anilines is 1. The fraction of sp³-hybridized carbons (Fsp3) is 0.176. The molecular weight excluding hydrogens is 405 g/mol. The van der Waals surface area contributed by atoms with Crippen LogP contribution in [0.2, 0.25) is 0 Å². The fourth-order valence-electron chi connectivity index (χ4n) is 1.93. The van der Waals surface area contributed by atoms with Crippen LogP contribution in [0, 0.1) is 10.5 Å². The van der Waals surface area contributed by atoms with Crippen LogP contribution in [-0.4, -0.2) is 25.8 Å². The predicted octanol–water partition coefficient (Wildman–Crippen LogP) is 3.17. The summed E-state index contributed by atoms with van der Waals surface area (Å²) < 4.78 is 6.18. The molecule has 2 aromatic carbocycles. The summed E-state index contributed by atoms with van der Waals surface area (Å²) in [5.74, 6) is 0.613. The van der Waals surface area contributed by atoms with E-state index < -0.39 is 0 Å².